The topological polar surface area (TPSA) is 126 Å². The van der Waals surface area contributed by atoms with Crippen molar-refractivity contribution >= 4 is 5.82 Å². The normalized spacial score (nSPS) is 30.5. The van der Waals surface area contributed by atoms with Gasteiger partial charge in [-0.3, -0.25) is 9.40 Å². The quantitative estimate of drug-likeness (QED) is 0.456. The Bertz CT molecular complexity index is 492. The van der Waals surface area contributed by atoms with Gasteiger partial charge in [0.05, 0.1) is 13.7 Å². The summed E-state index contributed by atoms with van der Waals surface area (Å²) in [6, 6.07) is 1.44. The smallest absolute Gasteiger partial charge is 0.351 e. The third kappa shape index (κ3) is 2.60. The molecule has 9 nitrogen and oxygen atoms in total. The largest absolute Gasteiger partial charge is 0.394 e. The zero-order chi connectivity index (χ0) is 14.0. The average Bonchev–Trinajstić information content (AvgIpc) is 2.67. The van der Waals surface area contributed by atoms with E-state index in [1.807, 2.05) is 0 Å². The Morgan fingerprint density at radius 2 is 2.26 bits per heavy atom. The lowest BCUT2D eigenvalue weighted by Gasteiger charge is -2.17. The molecule has 106 valence electrons. The number of aliphatic hydroxyl groups excluding tert-OH is 3. The van der Waals surface area contributed by atoms with Gasteiger partial charge in [0.25, 0.3) is 0 Å². The molecule has 4 N–H and O–H groups in total. The summed E-state index contributed by atoms with van der Waals surface area (Å²) in [7, 11) is 1.37. The Kier molecular flexibility index (Phi) is 4.12. The van der Waals surface area contributed by atoms with Gasteiger partial charge < -0.3 is 20.1 Å². The van der Waals surface area contributed by atoms with Crippen LogP contribution < -0.4 is 11.2 Å². The van der Waals surface area contributed by atoms with E-state index in [0.29, 0.717) is 0 Å². The molecule has 2 rings (SSSR count). The molecule has 4 atom stereocenters. The summed E-state index contributed by atoms with van der Waals surface area (Å²) in [4.78, 5) is 20.0. The van der Waals surface area contributed by atoms with Crippen molar-refractivity contribution in [2.24, 2.45) is 0 Å². The first-order chi connectivity index (χ1) is 9.08. The van der Waals surface area contributed by atoms with Crippen LogP contribution in [0.25, 0.3) is 0 Å². The van der Waals surface area contributed by atoms with Gasteiger partial charge in [0.1, 0.15) is 18.3 Å². The van der Waals surface area contributed by atoms with Gasteiger partial charge in [-0.2, -0.15) is 4.98 Å². The van der Waals surface area contributed by atoms with Crippen LogP contribution in [-0.2, 0) is 9.57 Å². The second kappa shape index (κ2) is 5.63. The minimum absolute atomic E-state index is 0.204. The fourth-order valence-corrected chi connectivity index (χ4v) is 1.88. The Morgan fingerprint density at radius 1 is 1.53 bits per heavy atom. The number of aromatic nitrogens is 2. The van der Waals surface area contributed by atoms with E-state index in [1.54, 1.807) is 0 Å². The third-order valence-electron chi connectivity index (χ3n) is 2.83. The molecule has 0 amide bonds. The van der Waals surface area contributed by atoms with Gasteiger partial charge in [0.15, 0.2) is 12.0 Å². The predicted octanol–water partition coefficient (Wildman–Crippen LogP) is -2.17. The molecule has 0 aliphatic carbocycles. The average molecular weight is 273 g/mol. The van der Waals surface area contributed by atoms with Crippen LogP contribution in [0.2, 0.25) is 0 Å². The minimum atomic E-state index is -1.32. The minimum Gasteiger partial charge on any atom is -0.394 e. The van der Waals surface area contributed by atoms with Crippen molar-refractivity contribution in [3.63, 3.8) is 0 Å². The maximum absolute atomic E-state index is 11.8. The molecule has 2 heterocycles. The standard InChI is InChI=1S/C10H15N3O6/c1-18-12-6-2-3-13(10(17)11-6)9-8(16)7(15)5(4-14)19-9/h2-3,5,7-9,14-16H,4H2,1H3,(H,11,12,17). The fraction of sp³-hybridized carbons (Fsp3) is 0.600. The van der Waals surface area contributed by atoms with Crippen molar-refractivity contribution in [2.75, 3.05) is 19.2 Å². The molecule has 0 radical (unpaired) electrons. The summed E-state index contributed by atoms with van der Waals surface area (Å²) in [5, 5.41) is 28.4. The van der Waals surface area contributed by atoms with Crippen LogP contribution in [0, 0.1) is 0 Å². The SMILES string of the molecule is CONc1ccn(C2OC(CO)C(O)C2O)c(=O)n1. The van der Waals surface area contributed by atoms with E-state index in [1.165, 1.54) is 19.4 Å². The summed E-state index contributed by atoms with van der Waals surface area (Å²) in [5.41, 5.74) is 1.71. The molecule has 1 aliphatic rings. The second-order valence-electron chi connectivity index (χ2n) is 4.04. The fourth-order valence-electron chi connectivity index (χ4n) is 1.88. The lowest BCUT2D eigenvalue weighted by Crippen LogP contribution is -2.36. The first kappa shape index (κ1) is 13.9. The van der Waals surface area contributed by atoms with Gasteiger partial charge >= 0.3 is 5.69 Å². The third-order valence-corrected chi connectivity index (χ3v) is 2.83. The number of rotatable bonds is 4. The number of aliphatic hydroxyl groups is 3. The van der Waals surface area contributed by atoms with Crippen LogP contribution in [0.15, 0.2) is 17.1 Å². The highest BCUT2D eigenvalue weighted by Crippen LogP contribution is 2.27. The Morgan fingerprint density at radius 3 is 2.79 bits per heavy atom. The van der Waals surface area contributed by atoms with Crippen LogP contribution in [0.1, 0.15) is 6.23 Å². The first-order valence-corrected chi connectivity index (χ1v) is 5.59. The highest BCUT2D eigenvalue weighted by atomic mass is 16.6. The van der Waals surface area contributed by atoms with E-state index < -0.39 is 36.8 Å². The molecular weight excluding hydrogens is 258 g/mol. The molecule has 1 saturated heterocycles. The Hall–Kier alpha value is -1.52. The number of hydrogen-bond acceptors (Lipinski definition) is 8. The van der Waals surface area contributed by atoms with E-state index in [2.05, 4.69) is 15.3 Å². The van der Waals surface area contributed by atoms with Crippen LogP contribution in [0.3, 0.4) is 0 Å². The number of nitrogens with zero attached hydrogens (tertiary/aromatic N) is 2. The summed E-state index contributed by atoms with van der Waals surface area (Å²) < 4.78 is 6.26. The monoisotopic (exact) mass is 273 g/mol. The van der Waals surface area contributed by atoms with Gasteiger partial charge in [-0.05, 0) is 6.07 Å². The van der Waals surface area contributed by atoms with Crippen molar-refractivity contribution in [2.45, 2.75) is 24.5 Å². The van der Waals surface area contributed by atoms with Gasteiger partial charge in [0, 0.05) is 6.20 Å². The van der Waals surface area contributed by atoms with E-state index in [0.717, 1.165) is 4.57 Å². The maximum Gasteiger partial charge on any atom is 0.351 e. The van der Waals surface area contributed by atoms with Crippen LogP contribution in [0.4, 0.5) is 5.82 Å². The summed E-state index contributed by atoms with van der Waals surface area (Å²) in [6.45, 7) is -0.458. The van der Waals surface area contributed by atoms with E-state index >= 15 is 0 Å². The molecule has 1 fully saturated rings. The molecule has 1 aliphatic heterocycles. The van der Waals surface area contributed by atoms with Gasteiger partial charge in [-0.25, -0.2) is 10.3 Å². The molecule has 19 heavy (non-hydrogen) atoms. The van der Waals surface area contributed by atoms with E-state index in [4.69, 9.17) is 9.84 Å². The highest BCUT2D eigenvalue weighted by molar-refractivity contribution is 5.28. The lowest BCUT2D eigenvalue weighted by atomic mass is 10.1. The molecule has 0 bridgehead atoms. The Labute approximate surface area is 108 Å². The van der Waals surface area contributed by atoms with Crippen LogP contribution >= 0.6 is 0 Å². The van der Waals surface area contributed by atoms with Crippen molar-refractivity contribution in [1.29, 1.82) is 0 Å². The molecular formula is C10H15N3O6. The maximum atomic E-state index is 11.8. The van der Waals surface area contributed by atoms with Crippen molar-refractivity contribution in [3.05, 3.63) is 22.7 Å². The molecule has 4 unspecified atom stereocenters. The molecule has 1 aromatic rings. The predicted molar refractivity (Wildman–Crippen MR) is 62.1 cm³/mol. The Balaban J connectivity index is 2.25. The van der Waals surface area contributed by atoms with Gasteiger partial charge in [-0.1, -0.05) is 0 Å². The molecule has 1 aromatic heterocycles. The number of nitrogens with one attached hydrogen (secondary N) is 1. The lowest BCUT2D eigenvalue weighted by molar-refractivity contribution is -0.0549. The second-order valence-corrected chi connectivity index (χ2v) is 4.04. The summed E-state index contributed by atoms with van der Waals surface area (Å²) >= 11 is 0. The van der Waals surface area contributed by atoms with Crippen LogP contribution in [-0.4, -0.2) is 56.9 Å². The summed E-state index contributed by atoms with van der Waals surface area (Å²) in [6.07, 6.45) is -3.28. The van der Waals surface area contributed by atoms with Gasteiger partial charge in [0.2, 0.25) is 0 Å². The van der Waals surface area contributed by atoms with Crippen molar-refractivity contribution in [3.8, 4) is 0 Å². The molecule has 0 spiro atoms. The highest BCUT2D eigenvalue weighted by Gasteiger charge is 2.43. The van der Waals surface area contributed by atoms with E-state index in [-0.39, 0.29) is 5.82 Å². The number of ether oxygens (including phenoxy) is 1. The molecule has 9 heteroatoms. The van der Waals surface area contributed by atoms with Crippen LogP contribution in [0.5, 0.6) is 0 Å². The van der Waals surface area contributed by atoms with E-state index in [9.17, 15) is 15.0 Å². The summed E-state index contributed by atoms with van der Waals surface area (Å²) in [5.74, 6) is 0.204. The zero-order valence-electron chi connectivity index (χ0n) is 10.1. The molecule has 0 saturated carbocycles. The van der Waals surface area contributed by atoms with Gasteiger partial charge in [-0.15, -0.1) is 0 Å². The first-order valence-electron chi connectivity index (χ1n) is 5.59. The van der Waals surface area contributed by atoms with Crippen molar-refractivity contribution in [1.82, 2.24) is 9.55 Å². The number of hydrogen-bond donors (Lipinski definition) is 4. The number of anilines is 1. The molecule has 0 aromatic carbocycles. The van der Waals surface area contributed by atoms with Crippen molar-refractivity contribution < 1.29 is 24.9 Å². The zero-order valence-corrected chi connectivity index (χ0v) is 10.1.